The lowest BCUT2D eigenvalue weighted by atomic mass is 9.99. The molecule has 5 N–H and O–H groups in total. The molecule has 2 rings (SSSR count). The van der Waals surface area contributed by atoms with Crippen LogP contribution in [0, 0.1) is 0 Å². The Morgan fingerprint density at radius 1 is 0.725 bits per heavy atom. The van der Waals surface area contributed by atoms with E-state index in [1.807, 2.05) is 0 Å². The van der Waals surface area contributed by atoms with Gasteiger partial charge in [-0.05, 0) is 51.7 Å². The number of nitrogens with zero attached hydrogens (tertiary/aromatic N) is 2. The van der Waals surface area contributed by atoms with Crippen molar-refractivity contribution < 1.29 is 39.2 Å². The van der Waals surface area contributed by atoms with Gasteiger partial charge in [0, 0.05) is 21.7 Å². The Morgan fingerprint density at radius 2 is 1.24 bits per heavy atom. The molecule has 2 heterocycles. The molecule has 0 spiro atoms. The quantitative estimate of drug-likeness (QED) is 0.0487. The van der Waals surface area contributed by atoms with Crippen LogP contribution < -0.4 is 0 Å². The molecule has 0 radical (unpaired) electrons. The molecule has 0 bridgehead atoms. The zero-order valence-electron chi connectivity index (χ0n) is 32.7. The van der Waals surface area contributed by atoms with E-state index in [0.717, 1.165) is 38.5 Å². The van der Waals surface area contributed by atoms with E-state index in [-0.39, 0.29) is 6.61 Å². The van der Waals surface area contributed by atoms with Crippen molar-refractivity contribution in [2.24, 2.45) is 4.36 Å². The van der Waals surface area contributed by atoms with Crippen LogP contribution in [0.15, 0.2) is 4.36 Å². The van der Waals surface area contributed by atoms with Crippen LogP contribution in [0.4, 0.5) is 0 Å². The van der Waals surface area contributed by atoms with E-state index < -0.39 is 59.2 Å². The fourth-order valence-electron chi connectivity index (χ4n) is 7.46. The van der Waals surface area contributed by atoms with Crippen LogP contribution in [0.1, 0.15) is 167 Å². The predicted molar refractivity (Wildman–Crippen MR) is 208 cm³/mol. The van der Waals surface area contributed by atoms with Crippen molar-refractivity contribution in [1.82, 2.24) is 4.90 Å². The summed E-state index contributed by atoms with van der Waals surface area (Å²) in [4.78, 5) is 2.61. The summed E-state index contributed by atoms with van der Waals surface area (Å²) in [6.45, 7) is 5.33. The van der Waals surface area contributed by atoms with Gasteiger partial charge in [-0.15, -0.1) is 0 Å². The van der Waals surface area contributed by atoms with Gasteiger partial charge >= 0.3 is 0 Å². The van der Waals surface area contributed by atoms with Gasteiger partial charge in [-0.1, -0.05) is 135 Å². The predicted octanol–water partition coefficient (Wildman–Crippen LogP) is 6.72. The minimum atomic E-state index is -2.60. The lowest BCUT2D eigenvalue weighted by Crippen LogP contribution is -2.59. The number of rotatable bonds is 31. The number of likely N-dealkylation sites (tertiary alicyclic amines) is 1. The minimum absolute atomic E-state index is 0.162. The van der Waals surface area contributed by atoms with Crippen molar-refractivity contribution in [1.29, 1.82) is 0 Å². The molecule has 0 aliphatic carbocycles. The number of aliphatic hydroxyl groups is 5. The maximum atomic E-state index is 13.6. The highest BCUT2D eigenvalue weighted by atomic mass is 32.2. The standard InChI is InChI=1S/C40H80N2O8S/c1-3-4-5-6-7-8-9-10-11-12-15-18-22-27-35(44)34(33-49-40-39(47)38(46)37(45)36(32-43)50-40)41-51(2,48)31-26-20-17-14-13-16-19-23-28-42-29-24-21-25-30-42/h34-40,43-47H,3-33H2,1-2H3/t34-,35+,36?,37?,38?,39?,40?,51?/m0/s1. The lowest BCUT2D eigenvalue weighted by Gasteiger charge is -2.40. The van der Waals surface area contributed by atoms with Gasteiger partial charge < -0.3 is 39.9 Å². The molecular formula is C40H80N2O8S. The Balaban J connectivity index is 1.75. The van der Waals surface area contributed by atoms with Gasteiger partial charge in [-0.25, -0.2) is 4.36 Å². The smallest absolute Gasteiger partial charge is 0.186 e. The molecule has 11 heteroatoms. The zero-order valence-corrected chi connectivity index (χ0v) is 33.5. The summed E-state index contributed by atoms with van der Waals surface area (Å²) in [5.74, 6) is 0.449. The number of ether oxygens (including phenoxy) is 2. The van der Waals surface area contributed by atoms with Crippen molar-refractivity contribution >= 4 is 9.73 Å². The Bertz CT molecular complexity index is 943. The average molecular weight is 749 g/mol. The zero-order chi connectivity index (χ0) is 37.2. The normalized spacial score (nSPS) is 25.4. The SMILES string of the molecule is CCCCCCCCCCCCCCC[C@@H](O)[C@H](COC1OC(CO)C(O)C(O)C1O)N=S(C)(=O)CCCCCCCCCCN1CCCCC1. The number of hydrogen-bond acceptors (Lipinski definition) is 10. The summed E-state index contributed by atoms with van der Waals surface area (Å²) in [5.41, 5.74) is 0. The maximum absolute atomic E-state index is 13.6. The van der Waals surface area contributed by atoms with Crippen LogP contribution in [0.2, 0.25) is 0 Å². The van der Waals surface area contributed by atoms with E-state index in [2.05, 4.69) is 16.2 Å². The summed E-state index contributed by atoms with van der Waals surface area (Å²) >= 11 is 0. The third kappa shape index (κ3) is 21.3. The highest BCUT2D eigenvalue weighted by molar-refractivity contribution is 7.92. The fraction of sp³-hybridized carbons (Fsp3) is 1.00. The van der Waals surface area contributed by atoms with Gasteiger partial charge in [0.05, 0.1) is 19.3 Å². The molecule has 0 aromatic rings. The van der Waals surface area contributed by atoms with Gasteiger partial charge in [0.2, 0.25) is 0 Å². The largest absolute Gasteiger partial charge is 0.394 e. The van der Waals surface area contributed by atoms with E-state index >= 15 is 0 Å². The van der Waals surface area contributed by atoms with Gasteiger partial charge in [0.25, 0.3) is 0 Å². The molecule has 6 unspecified atom stereocenters. The van der Waals surface area contributed by atoms with Gasteiger partial charge in [-0.2, -0.15) is 0 Å². The van der Waals surface area contributed by atoms with Gasteiger partial charge in [0.15, 0.2) is 6.29 Å². The van der Waals surface area contributed by atoms with Crippen LogP contribution in [-0.2, 0) is 19.2 Å². The monoisotopic (exact) mass is 749 g/mol. The van der Waals surface area contributed by atoms with E-state index in [9.17, 15) is 29.7 Å². The van der Waals surface area contributed by atoms with Crippen molar-refractivity contribution in [2.45, 2.75) is 210 Å². The van der Waals surface area contributed by atoms with Crippen LogP contribution in [0.3, 0.4) is 0 Å². The van der Waals surface area contributed by atoms with Crippen molar-refractivity contribution in [3.8, 4) is 0 Å². The fourth-order valence-corrected chi connectivity index (χ4v) is 9.08. The highest BCUT2D eigenvalue weighted by Crippen LogP contribution is 2.24. The molecule has 10 nitrogen and oxygen atoms in total. The Morgan fingerprint density at radius 3 is 1.78 bits per heavy atom. The Kier molecular flexibility index (Phi) is 26.6. The van der Waals surface area contributed by atoms with Crippen molar-refractivity contribution in [3.05, 3.63) is 0 Å². The first-order valence-electron chi connectivity index (χ1n) is 21.2. The maximum Gasteiger partial charge on any atom is 0.186 e. The molecule has 51 heavy (non-hydrogen) atoms. The van der Waals surface area contributed by atoms with Crippen LogP contribution in [0.5, 0.6) is 0 Å². The number of unbranched alkanes of at least 4 members (excludes halogenated alkanes) is 19. The first kappa shape index (κ1) is 46.8. The van der Waals surface area contributed by atoms with Crippen LogP contribution in [-0.4, -0.2) is 122 Å². The van der Waals surface area contributed by atoms with Crippen LogP contribution in [0.25, 0.3) is 0 Å². The summed E-state index contributed by atoms with van der Waals surface area (Å²) < 4.78 is 29.5. The second kappa shape index (κ2) is 29.0. The first-order chi connectivity index (χ1) is 24.7. The topological polar surface area (TPSA) is 152 Å². The molecule has 0 amide bonds. The van der Waals surface area contributed by atoms with Crippen molar-refractivity contribution in [3.63, 3.8) is 0 Å². The van der Waals surface area contributed by atoms with E-state index in [1.54, 1.807) is 6.26 Å². The number of hydrogen-bond donors (Lipinski definition) is 5. The molecule has 0 aromatic heterocycles. The molecule has 2 aliphatic rings. The summed E-state index contributed by atoms with van der Waals surface area (Å²) in [6, 6.07) is -0.794. The molecular weight excluding hydrogens is 669 g/mol. The van der Waals surface area contributed by atoms with Gasteiger partial charge in [0.1, 0.15) is 30.5 Å². The average Bonchev–Trinajstić information content (AvgIpc) is 3.12. The first-order valence-corrected chi connectivity index (χ1v) is 23.3. The number of piperidine rings is 1. The molecule has 8 atom stereocenters. The van der Waals surface area contributed by atoms with E-state index in [0.29, 0.717) is 12.2 Å². The summed E-state index contributed by atoms with van der Waals surface area (Å²) in [6.07, 6.45) is 23.7. The van der Waals surface area contributed by atoms with E-state index in [1.165, 1.54) is 135 Å². The summed E-state index contributed by atoms with van der Waals surface area (Å²) in [5, 5.41) is 51.5. The third-order valence-electron chi connectivity index (χ3n) is 10.9. The molecule has 2 fully saturated rings. The second-order valence-electron chi connectivity index (χ2n) is 15.7. The third-order valence-corrected chi connectivity index (χ3v) is 12.6. The van der Waals surface area contributed by atoms with Crippen molar-refractivity contribution in [2.75, 3.05) is 44.9 Å². The lowest BCUT2D eigenvalue weighted by molar-refractivity contribution is -0.302. The minimum Gasteiger partial charge on any atom is -0.394 e. The summed E-state index contributed by atoms with van der Waals surface area (Å²) in [7, 11) is -2.60. The number of aliphatic hydroxyl groups excluding tert-OH is 5. The Labute approximate surface area is 312 Å². The highest BCUT2D eigenvalue weighted by Gasteiger charge is 2.44. The molecule has 2 aliphatic heterocycles. The van der Waals surface area contributed by atoms with Crippen LogP contribution >= 0.6 is 0 Å². The second-order valence-corrected chi connectivity index (χ2v) is 18.2. The molecule has 0 saturated carbocycles. The Hall–Kier alpha value is -0.370. The van der Waals surface area contributed by atoms with E-state index in [4.69, 9.17) is 9.47 Å². The molecule has 0 aromatic carbocycles. The molecule has 304 valence electrons. The molecule has 2 saturated heterocycles. The van der Waals surface area contributed by atoms with Gasteiger partial charge in [-0.3, -0.25) is 4.21 Å².